The fourth-order valence-electron chi connectivity index (χ4n) is 2.36. The number of aromatic nitrogens is 2. The van der Waals surface area contributed by atoms with Crippen LogP contribution in [0.4, 0.5) is 10.5 Å². The zero-order valence-electron chi connectivity index (χ0n) is 13.9. The largest absolute Gasteiger partial charge is 0.322 e. The molecule has 0 aliphatic carbocycles. The summed E-state index contributed by atoms with van der Waals surface area (Å²) in [7, 11) is 3.66. The molecule has 1 aromatic heterocycles. The number of nitrogens with zero attached hydrogens (tertiary/aromatic N) is 3. The third-order valence-corrected chi connectivity index (χ3v) is 3.83. The Hall–Kier alpha value is -2.30. The second-order valence-electron chi connectivity index (χ2n) is 5.88. The Morgan fingerprint density at radius 2 is 1.86 bits per heavy atom. The Morgan fingerprint density at radius 1 is 1.23 bits per heavy atom. The molecule has 0 spiro atoms. The van der Waals surface area contributed by atoms with E-state index in [9.17, 15) is 4.79 Å². The Kier molecular flexibility index (Phi) is 4.85. The molecule has 1 atom stereocenters. The van der Waals surface area contributed by atoms with Crippen LogP contribution in [0.3, 0.4) is 0 Å². The number of amides is 2. The second kappa shape index (κ2) is 6.64. The van der Waals surface area contributed by atoms with E-state index in [-0.39, 0.29) is 18.0 Å². The van der Waals surface area contributed by atoms with Gasteiger partial charge in [-0.1, -0.05) is 44.2 Å². The number of benzene rings is 1. The van der Waals surface area contributed by atoms with Gasteiger partial charge < -0.3 is 10.2 Å². The quantitative estimate of drug-likeness (QED) is 0.934. The minimum absolute atomic E-state index is 0.000344. The van der Waals surface area contributed by atoms with Gasteiger partial charge in [-0.3, -0.25) is 4.68 Å². The van der Waals surface area contributed by atoms with Gasteiger partial charge in [0.05, 0.1) is 17.4 Å². The number of rotatable bonds is 4. The zero-order valence-corrected chi connectivity index (χ0v) is 13.9. The molecule has 2 rings (SSSR count). The molecule has 0 aliphatic rings. The van der Waals surface area contributed by atoms with E-state index in [4.69, 9.17) is 0 Å². The molecule has 1 aromatic carbocycles. The van der Waals surface area contributed by atoms with Gasteiger partial charge in [0, 0.05) is 20.3 Å². The summed E-state index contributed by atoms with van der Waals surface area (Å²) in [5.74, 6) is 0.258. The molecule has 0 radical (unpaired) electrons. The van der Waals surface area contributed by atoms with E-state index >= 15 is 0 Å². The molecule has 5 heteroatoms. The highest BCUT2D eigenvalue weighted by Gasteiger charge is 2.20. The summed E-state index contributed by atoms with van der Waals surface area (Å²) in [5, 5.41) is 7.38. The maximum absolute atomic E-state index is 12.5. The fourth-order valence-corrected chi connectivity index (χ4v) is 2.36. The molecule has 2 amide bonds. The van der Waals surface area contributed by atoms with Crippen LogP contribution >= 0.6 is 0 Å². The van der Waals surface area contributed by atoms with E-state index < -0.39 is 0 Å². The molecule has 1 unspecified atom stereocenters. The number of nitrogens with one attached hydrogen (secondary N) is 1. The monoisotopic (exact) mass is 300 g/mol. The van der Waals surface area contributed by atoms with Crippen LogP contribution in [0.5, 0.6) is 0 Å². The number of anilines is 1. The van der Waals surface area contributed by atoms with E-state index in [0.29, 0.717) is 0 Å². The third kappa shape index (κ3) is 3.47. The van der Waals surface area contributed by atoms with E-state index in [2.05, 4.69) is 24.3 Å². The van der Waals surface area contributed by atoms with E-state index in [1.54, 1.807) is 16.6 Å². The van der Waals surface area contributed by atoms with Gasteiger partial charge in [0.15, 0.2) is 0 Å². The summed E-state index contributed by atoms with van der Waals surface area (Å²) in [6, 6.07) is 9.86. The van der Waals surface area contributed by atoms with Crippen molar-refractivity contribution in [3.8, 4) is 0 Å². The highest BCUT2D eigenvalue weighted by Crippen LogP contribution is 2.24. The highest BCUT2D eigenvalue weighted by molar-refractivity contribution is 5.90. The van der Waals surface area contributed by atoms with Crippen molar-refractivity contribution in [3.05, 3.63) is 47.8 Å². The van der Waals surface area contributed by atoms with Crippen LogP contribution in [0.1, 0.15) is 44.0 Å². The lowest BCUT2D eigenvalue weighted by atomic mass is 10.1. The average molecular weight is 300 g/mol. The molecule has 5 nitrogen and oxygen atoms in total. The predicted octanol–water partition coefficient (Wildman–Crippen LogP) is 3.77. The number of urea groups is 1. The number of carbonyl (C=O) groups is 1. The smallest absolute Gasteiger partial charge is 0.321 e. The Morgan fingerprint density at radius 3 is 2.45 bits per heavy atom. The second-order valence-corrected chi connectivity index (χ2v) is 5.88. The summed E-state index contributed by atoms with van der Waals surface area (Å²) in [4.78, 5) is 14.2. The van der Waals surface area contributed by atoms with Crippen LogP contribution in [-0.2, 0) is 7.05 Å². The average Bonchev–Trinajstić information content (AvgIpc) is 2.87. The molecule has 22 heavy (non-hydrogen) atoms. The summed E-state index contributed by atoms with van der Waals surface area (Å²) in [6.45, 7) is 6.14. The summed E-state index contributed by atoms with van der Waals surface area (Å²) < 4.78 is 1.73. The van der Waals surface area contributed by atoms with Crippen LogP contribution in [0.15, 0.2) is 36.5 Å². The van der Waals surface area contributed by atoms with E-state index in [1.807, 2.05) is 50.5 Å². The molecule has 1 heterocycles. The first-order valence-corrected chi connectivity index (χ1v) is 7.52. The van der Waals surface area contributed by atoms with Gasteiger partial charge in [-0.2, -0.15) is 5.10 Å². The standard InChI is InChI=1S/C17H24N4O/c1-12(2)16-15(11-20(4)19-16)18-17(22)21(5)13(3)14-9-7-6-8-10-14/h6-13H,1-5H3,(H,18,22). The van der Waals surface area contributed by atoms with Gasteiger partial charge in [0.2, 0.25) is 0 Å². The first-order chi connectivity index (χ1) is 10.4. The van der Waals surface area contributed by atoms with Crippen molar-refractivity contribution >= 4 is 11.7 Å². The molecule has 1 N–H and O–H groups in total. The van der Waals surface area contributed by atoms with Crippen molar-refractivity contribution in [3.63, 3.8) is 0 Å². The summed E-state index contributed by atoms with van der Waals surface area (Å²) >= 11 is 0. The highest BCUT2D eigenvalue weighted by atomic mass is 16.2. The van der Waals surface area contributed by atoms with Crippen LogP contribution in [-0.4, -0.2) is 27.8 Å². The zero-order chi connectivity index (χ0) is 16.3. The minimum Gasteiger partial charge on any atom is -0.321 e. The van der Waals surface area contributed by atoms with Crippen molar-refractivity contribution in [2.75, 3.05) is 12.4 Å². The Bertz CT molecular complexity index is 633. The first-order valence-electron chi connectivity index (χ1n) is 7.52. The van der Waals surface area contributed by atoms with Gasteiger partial charge in [-0.05, 0) is 18.4 Å². The van der Waals surface area contributed by atoms with Gasteiger partial charge in [-0.15, -0.1) is 0 Å². The first kappa shape index (κ1) is 16.1. The number of aryl methyl sites for hydroxylation is 1. The van der Waals surface area contributed by atoms with Crippen molar-refractivity contribution in [2.45, 2.75) is 32.7 Å². The van der Waals surface area contributed by atoms with Gasteiger partial charge in [-0.25, -0.2) is 4.79 Å². The Labute approximate surface area is 131 Å². The third-order valence-electron chi connectivity index (χ3n) is 3.83. The fraction of sp³-hybridized carbons (Fsp3) is 0.412. The van der Waals surface area contributed by atoms with Crippen LogP contribution in [0.25, 0.3) is 0 Å². The topological polar surface area (TPSA) is 50.2 Å². The summed E-state index contributed by atoms with van der Waals surface area (Å²) in [5.41, 5.74) is 2.78. The number of carbonyl (C=O) groups excluding carboxylic acids is 1. The van der Waals surface area contributed by atoms with Gasteiger partial charge >= 0.3 is 6.03 Å². The van der Waals surface area contributed by atoms with Crippen molar-refractivity contribution in [1.29, 1.82) is 0 Å². The molecule has 2 aromatic rings. The van der Waals surface area contributed by atoms with Crippen LogP contribution in [0.2, 0.25) is 0 Å². The Balaban J connectivity index is 2.12. The normalized spacial score (nSPS) is 12.3. The molecular weight excluding hydrogens is 276 g/mol. The molecular formula is C17H24N4O. The maximum Gasteiger partial charge on any atom is 0.322 e. The molecule has 118 valence electrons. The number of hydrogen-bond acceptors (Lipinski definition) is 2. The molecule has 0 aliphatic heterocycles. The van der Waals surface area contributed by atoms with Gasteiger partial charge in [0.25, 0.3) is 0 Å². The molecule has 0 bridgehead atoms. The van der Waals surface area contributed by atoms with Crippen molar-refractivity contribution in [1.82, 2.24) is 14.7 Å². The maximum atomic E-state index is 12.5. The lowest BCUT2D eigenvalue weighted by molar-refractivity contribution is 0.208. The summed E-state index contributed by atoms with van der Waals surface area (Å²) in [6.07, 6.45) is 1.84. The lowest BCUT2D eigenvalue weighted by Gasteiger charge is -2.25. The number of hydrogen-bond donors (Lipinski definition) is 1. The SMILES string of the molecule is CC(C)c1nn(C)cc1NC(=O)N(C)C(C)c1ccccc1. The van der Waals surface area contributed by atoms with E-state index in [1.165, 1.54) is 0 Å². The lowest BCUT2D eigenvalue weighted by Crippen LogP contribution is -2.33. The van der Waals surface area contributed by atoms with Gasteiger partial charge in [0.1, 0.15) is 0 Å². The van der Waals surface area contributed by atoms with Crippen LogP contribution in [0, 0.1) is 0 Å². The van der Waals surface area contributed by atoms with E-state index in [0.717, 1.165) is 16.9 Å². The van der Waals surface area contributed by atoms with Crippen LogP contribution < -0.4 is 5.32 Å². The molecule has 0 fully saturated rings. The molecule has 0 saturated heterocycles. The van der Waals surface area contributed by atoms with Crippen molar-refractivity contribution < 1.29 is 4.79 Å². The molecule has 0 saturated carbocycles. The minimum atomic E-state index is -0.133. The predicted molar refractivity (Wildman–Crippen MR) is 88.9 cm³/mol. The van der Waals surface area contributed by atoms with Crippen molar-refractivity contribution in [2.24, 2.45) is 7.05 Å².